The van der Waals surface area contributed by atoms with Gasteiger partial charge < -0.3 is 4.52 Å². The molecule has 108 valence electrons. The molecule has 1 aromatic heterocycles. The van der Waals surface area contributed by atoms with Crippen LogP contribution in [0.5, 0.6) is 0 Å². The molecule has 1 saturated heterocycles. The van der Waals surface area contributed by atoms with E-state index in [2.05, 4.69) is 21.1 Å². The van der Waals surface area contributed by atoms with Gasteiger partial charge in [0.15, 0.2) is 5.82 Å². The molecule has 0 N–H and O–H groups in total. The van der Waals surface area contributed by atoms with E-state index in [-0.39, 0.29) is 6.04 Å². The summed E-state index contributed by atoms with van der Waals surface area (Å²) in [5, 5.41) is 13.3. The first-order valence-electron chi connectivity index (χ1n) is 7.36. The molecule has 5 nitrogen and oxygen atoms in total. The zero-order chi connectivity index (χ0) is 14.7. The zero-order valence-electron chi connectivity index (χ0n) is 12.1. The van der Waals surface area contributed by atoms with Gasteiger partial charge in [0.05, 0.1) is 17.7 Å². The monoisotopic (exact) mass is 282 g/mol. The van der Waals surface area contributed by atoms with Crippen LogP contribution < -0.4 is 0 Å². The van der Waals surface area contributed by atoms with Crippen LogP contribution in [0.1, 0.15) is 48.6 Å². The fourth-order valence-electron chi connectivity index (χ4n) is 2.84. The summed E-state index contributed by atoms with van der Waals surface area (Å²) in [6.07, 6.45) is 2.92. The van der Waals surface area contributed by atoms with Crippen LogP contribution >= 0.6 is 0 Å². The van der Waals surface area contributed by atoms with Crippen molar-refractivity contribution < 1.29 is 4.52 Å². The minimum Gasteiger partial charge on any atom is -0.339 e. The van der Waals surface area contributed by atoms with Gasteiger partial charge in [0.2, 0.25) is 5.89 Å². The molecule has 0 spiro atoms. The highest BCUT2D eigenvalue weighted by atomic mass is 16.5. The standard InChI is InChI=1S/C16H18N4O/c1-2-15-18-16(19-21-15)14-8-5-9-20(14)11-13-7-4-3-6-12(13)10-17/h3-4,6-7,14H,2,5,8-9,11H2,1H3. The predicted octanol–water partition coefficient (Wildman–Crippen LogP) is 2.84. The Bertz CT molecular complexity index is 658. The first kappa shape index (κ1) is 13.8. The summed E-state index contributed by atoms with van der Waals surface area (Å²) in [4.78, 5) is 6.79. The van der Waals surface area contributed by atoms with Gasteiger partial charge in [-0.15, -0.1) is 0 Å². The number of benzene rings is 1. The fraction of sp³-hybridized carbons (Fsp3) is 0.438. The molecule has 1 aliphatic rings. The third kappa shape index (κ3) is 2.81. The van der Waals surface area contributed by atoms with E-state index in [1.54, 1.807) is 0 Å². The third-order valence-electron chi connectivity index (χ3n) is 3.96. The second kappa shape index (κ2) is 6.06. The number of nitrogens with zero attached hydrogens (tertiary/aromatic N) is 4. The molecule has 0 radical (unpaired) electrons. The largest absolute Gasteiger partial charge is 0.339 e. The Balaban J connectivity index is 1.80. The van der Waals surface area contributed by atoms with Gasteiger partial charge in [0.25, 0.3) is 0 Å². The van der Waals surface area contributed by atoms with Gasteiger partial charge in [0, 0.05) is 13.0 Å². The van der Waals surface area contributed by atoms with E-state index in [9.17, 15) is 5.26 Å². The van der Waals surface area contributed by atoms with Gasteiger partial charge in [-0.1, -0.05) is 30.3 Å². The van der Waals surface area contributed by atoms with Gasteiger partial charge in [-0.05, 0) is 31.0 Å². The molecule has 1 atom stereocenters. The first-order chi connectivity index (χ1) is 10.3. The van der Waals surface area contributed by atoms with E-state index in [1.807, 2.05) is 31.2 Å². The highest BCUT2D eigenvalue weighted by Crippen LogP contribution is 2.31. The van der Waals surface area contributed by atoms with Crippen molar-refractivity contribution in [3.8, 4) is 6.07 Å². The van der Waals surface area contributed by atoms with Crippen LogP contribution in [-0.2, 0) is 13.0 Å². The number of likely N-dealkylation sites (tertiary alicyclic amines) is 1. The van der Waals surface area contributed by atoms with Crippen molar-refractivity contribution in [2.75, 3.05) is 6.54 Å². The molecule has 1 fully saturated rings. The molecule has 21 heavy (non-hydrogen) atoms. The molecule has 0 amide bonds. The molecule has 3 rings (SSSR count). The summed E-state index contributed by atoms with van der Waals surface area (Å²) in [6.45, 7) is 3.76. The summed E-state index contributed by atoms with van der Waals surface area (Å²) in [5.74, 6) is 1.47. The Labute approximate surface area is 124 Å². The van der Waals surface area contributed by atoms with E-state index < -0.39 is 0 Å². The molecule has 1 aliphatic heterocycles. The molecule has 1 aromatic carbocycles. The maximum Gasteiger partial charge on any atom is 0.226 e. The fourth-order valence-corrected chi connectivity index (χ4v) is 2.84. The summed E-state index contributed by atoms with van der Waals surface area (Å²) < 4.78 is 5.23. The van der Waals surface area contributed by atoms with Crippen LogP contribution in [0.4, 0.5) is 0 Å². The minimum absolute atomic E-state index is 0.195. The third-order valence-corrected chi connectivity index (χ3v) is 3.96. The summed E-state index contributed by atoms with van der Waals surface area (Å²) in [7, 11) is 0. The Kier molecular flexibility index (Phi) is 3.98. The molecule has 5 heteroatoms. The van der Waals surface area contributed by atoms with Gasteiger partial charge in [-0.3, -0.25) is 4.90 Å². The van der Waals surface area contributed by atoms with Crippen molar-refractivity contribution in [1.82, 2.24) is 15.0 Å². The molecule has 0 aliphatic carbocycles. The van der Waals surface area contributed by atoms with E-state index in [4.69, 9.17) is 4.52 Å². The van der Waals surface area contributed by atoms with E-state index in [1.165, 1.54) is 0 Å². The number of rotatable bonds is 4. The van der Waals surface area contributed by atoms with Crippen LogP contribution in [0.2, 0.25) is 0 Å². The molecule has 0 saturated carbocycles. The molecular formula is C16H18N4O. The number of hydrogen-bond acceptors (Lipinski definition) is 5. The highest BCUT2D eigenvalue weighted by molar-refractivity contribution is 5.37. The van der Waals surface area contributed by atoms with E-state index in [0.717, 1.165) is 49.3 Å². The average molecular weight is 282 g/mol. The molecule has 0 bridgehead atoms. The first-order valence-corrected chi connectivity index (χ1v) is 7.36. The average Bonchev–Trinajstić information content (AvgIpc) is 3.16. The number of hydrogen-bond donors (Lipinski definition) is 0. The normalized spacial score (nSPS) is 18.8. The lowest BCUT2D eigenvalue weighted by Crippen LogP contribution is -2.24. The van der Waals surface area contributed by atoms with Crippen LogP contribution in [0.25, 0.3) is 0 Å². The van der Waals surface area contributed by atoms with Gasteiger partial charge >= 0.3 is 0 Å². The van der Waals surface area contributed by atoms with Crippen LogP contribution in [0, 0.1) is 11.3 Å². The van der Waals surface area contributed by atoms with Crippen LogP contribution in [-0.4, -0.2) is 21.6 Å². The summed E-state index contributed by atoms with van der Waals surface area (Å²) in [6, 6.07) is 10.2. The molecule has 2 heterocycles. The predicted molar refractivity (Wildman–Crippen MR) is 77.2 cm³/mol. The lowest BCUT2D eigenvalue weighted by molar-refractivity contribution is 0.234. The van der Waals surface area contributed by atoms with Crippen molar-refractivity contribution in [3.63, 3.8) is 0 Å². The number of nitriles is 1. The molecular weight excluding hydrogens is 264 g/mol. The van der Waals surface area contributed by atoms with Gasteiger partial charge in [-0.2, -0.15) is 10.2 Å². The quantitative estimate of drug-likeness (QED) is 0.862. The maximum atomic E-state index is 9.20. The van der Waals surface area contributed by atoms with Gasteiger partial charge in [-0.25, -0.2) is 0 Å². The topological polar surface area (TPSA) is 66.0 Å². The second-order valence-electron chi connectivity index (χ2n) is 5.30. The SMILES string of the molecule is CCc1nc(C2CCCN2Cc2ccccc2C#N)no1. The maximum absolute atomic E-state index is 9.20. The Hall–Kier alpha value is -2.19. The van der Waals surface area contributed by atoms with E-state index in [0.29, 0.717) is 5.89 Å². The molecule has 2 aromatic rings. The number of aryl methyl sites for hydroxylation is 1. The molecule has 1 unspecified atom stereocenters. The Morgan fingerprint density at radius 2 is 2.29 bits per heavy atom. The Morgan fingerprint density at radius 1 is 1.43 bits per heavy atom. The lowest BCUT2D eigenvalue weighted by Gasteiger charge is -2.22. The highest BCUT2D eigenvalue weighted by Gasteiger charge is 2.30. The van der Waals surface area contributed by atoms with Crippen molar-refractivity contribution in [2.45, 2.75) is 38.8 Å². The smallest absolute Gasteiger partial charge is 0.226 e. The van der Waals surface area contributed by atoms with Crippen molar-refractivity contribution in [3.05, 3.63) is 47.1 Å². The van der Waals surface area contributed by atoms with Crippen molar-refractivity contribution >= 4 is 0 Å². The van der Waals surface area contributed by atoms with Gasteiger partial charge in [0.1, 0.15) is 0 Å². The summed E-state index contributed by atoms with van der Waals surface area (Å²) in [5.41, 5.74) is 1.80. The second-order valence-corrected chi connectivity index (χ2v) is 5.30. The zero-order valence-corrected chi connectivity index (χ0v) is 12.1. The van der Waals surface area contributed by atoms with Crippen LogP contribution in [0.15, 0.2) is 28.8 Å². The lowest BCUT2D eigenvalue weighted by atomic mass is 10.1. The van der Waals surface area contributed by atoms with Crippen molar-refractivity contribution in [2.24, 2.45) is 0 Å². The van der Waals surface area contributed by atoms with Crippen molar-refractivity contribution in [1.29, 1.82) is 5.26 Å². The Morgan fingerprint density at radius 3 is 3.05 bits per heavy atom. The minimum atomic E-state index is 0.195. The van der Waals surface area contributed by atoms with Crippen LogP contribution in [0.3, 0.4) is 0 Å². The number of aromatic nitrogens is 2. The summed E-state index contributed by atoms with van der Waals surface area (Å²) >= 11 is 0. The van der Waals surface area contributed by atoms with E-state index >= 15 is 0 Å².